The third kappa shape index (κ3) is 4.32. The Hall–Kier alpha value is -4.26. The summed E-state index contributed by atoms with van der Waals surface area (Å²) in [4.78, 5) is 26.9. The van der Waals surface area contributed by atoms with Crippen molar-refractivity contribution in [3.05, 3.63) is 84.7 Å². The fourth-order valence-corrected chi connectivity index (χ4v) is 4.41. The van der Waals surface area contributed by atoms with Crippen molar-refractivity contribution in [2.45, 2.75) is 19.3 Å². The summed E-state index contributed by atoms with van der Waals surface area (Å²) in [5.74, 6) is 1.64. The lowest BCUT2D eigenvalue weighted by Crippen LogP contribution is -2.26. The van der Waals surface area contributed by atoms with E-state index >= 15 is 0 Å². The highest BCUT2D eigenvalue weighted by atomic mass is 16.5. The van der Waals surface area contributed by atoms with Crippen LogP contribution < -0.4 is 10.5 Å². The number of hydrogen-bond acceptors (Lipinski definition) is 6. The van der Waals surface area contributed by atoms with E-state index in [1.54, 1.807) is 12.4 Å². The number of benzene rings is 2. The van der Waals surface area contributed by atoms with E-state index in [4.69, 9.17) is 10.5 Å². The zero-order valence-corrected chi connectivity index (χ0v) is 18.9. The average Bonchev–Trinajstić information content (AvgIpc) is 3.34. The number of amides is 1. The number of rotatable bonds is 5. The van der Waals surface area contributed by atoms with Crippen LogP contribution >= 0.6 is 0 Å². The largest absolute Gasteiger partial charge is 0.439 e. The Labute approximate surface area is 197 Å². The summed E-state index contributed by atoms with van der Waals surface area (Å²) in [6.45, 7) is 6.94. The third-order valence-corrected chi connectivity index (χ3v) is 6.15. The van der Waals surface area contributed by atoms with Gasteiger partial charge in [0, 0.05) is 42.9 Å². The zero-order chi connectivity index (χ0) is 23.7. The van der Waals surface area contributed by atoms with Crippen molar-refractivity contribution < 1.29 is 9.53 Å². The number of aromatic nitrogens is 3. The Morgan fingerprint density at radius 3 is 2.74 bits per heavy atom. The molecule has 0 aliphatic carbocycles. The molecule has 7 nitrogen and oxygen atoms in total. The van der Waals surface area contributed by atoms with Crippen molar-refractivity contribution in [3.63, 3.8) is 0 Å². The number of likely N-dealkylation sites (tertiary alicyclic amines) is 1. The molecular weight excluding hydrogens is 426 g/mol. The molecule has 1 saturated heterocycles. The lowest BCUT2D eigenvalue weighted by atomic mass is 9.92. The number of carbonyl (C=O) groups is 1. The Balaban J connectivity index is 1.48. The molecule has 1 amide bonds. The highest BCUT2D eigenvalue weighted by molar-refractivity contribution is 5.89. The number of nitrogens with zero attached hydrogens (tertiary/aromatic N) is 4. The normalized spacial score (nSPS) is 15.4. The number of aryl methyl sites for hydroxylation is 1. The minimum atomic E-state index is -0.0456. The average molecular weight is 452 g/mol. The van der Waals surface area contributed by atoms with Gasteiger partial charge in [-0.05, 0) is 72.0 Å². The number of pyridine rings is 1. The number of nitrogen functional groups attached to an aromatic ring is 1. The van der Waals surface area contributed by atoms with Gasteiger partial charge in [0.05, 0.1) is 5.52 Å². The first-order valence-electron chi connectivity index (χ1n) is 11.2. The molecule has 0 bridgehead atoms. The van der Waals surface area contributed by atoms with Crippen LogP contribution in [0.3, 0.4) is 0 Å². The van der Waals surface area contributed by atoms with E-state index < -0.39 is 0 Å². The Bertz CT molecular complexity index is 1380. The summed E-state index contributed by atoms with van der Waals surface area (Å²) in [5, 5.41) is 0.916. The fourth-order valence-electron chi connectivity index (χ4n) is 4.41. The molecular formula is C27H25N5O2. The first-order valence-corrected chi connectivity index (χ1v) is 11.2. The summed E-state index contributed by atoms with van der Waals surface area (Å²) in [7, 11) is 0. The van der Waals surface area contributed by atoms with Crippen LogP contribution in [0.1, 0.15) is 23.5 Å². The number of fused-ring (bicyclic) bond motifs is 1. The maximum Gasteiger partial charge on any atom is 0.245 e. The quantitative estimate of drug-likeness (QED) is 0.435. The fraction of sp³-hybridized carbons (Fsp3) is 0.185. The van der Waals surface area contributed by atoms with Crippen molar-refractivity contribution in [1.82, 2.24) is 19.9 Å². The molecule has 1 aliphatic rings. The second-order valence-corrected chi connectivity index (χ2v) is 8.50. The summed E-state index contributed by atoms with van der Waals surface area (Å²) in [6.07, 6.45) is 5.72. The van der Waals surface area contributed by atoms with Crippen LogP contribution in [0.4, 0.5) is 5.95 Å². The smallest absolute Gasteiger partial charge is 0.245 e. The number of anilines is 1. The van der Waals surface area contributed by atoms with E-state index in [-0.39, 0.29) is 17.8 Å². The molecule has 0 spiro atoms. The summed E-state index contributed by atoms with van der Waals surface area (Å²) in [5.41, 5.74) is 11.0. The van der Waals surface area contributed by atoms with Crippen LogP contribution in [0.15, 0.2) is 73.6 Å². The van der Waals surface area contributed by atoms with E-state index in [1.165, 1.54) is 6.08 Å². The number of nitrogens with two attached hydrogens (primary N) is 1. The van der Waals surface area contributed by atoms with Gasteiger partial charge in [-0.3, -0.25) is 4.79 Å². The number of carbonyl (C=O) groups excluding carboxylic acids is 1. The minimum Gasteiger partial charge on any atom is -0.439 e. The van der Waals surface area contributed by atoms with E-state index in [0.29, 0.717) is 24.7 Å². The molecule has 1 fully saturated rings. The van der Waals surface area contributed by atoms with Gasteiger partial charge in [-0.25, -0.2) is 15.0 Å². The predicted molar refractivity (Wildman–Crippen MR) is 133 cm³/mol. The predicted octanol–water partition coefficient (Wildman–Crippen LogP) is 4.88. The Kier molecular flexibility index (Phi) is 5.67. The molecule has 1 unspecified atom stereocenters. The van der Waals surface area contributed by atoms with Gasteiger partial charge in [0.15, 0.2) is 0 Å². The van der Waals surface area contributed by atoms with E-state index in [2.05, 4.69) is 33.7 Å². The summed E-state index contributed by atoms with van der Waals surface area (Å²) in [6, 6.07) is 16.0. The molecule has 2 aromatic heterocycles. The topological polar surface area (TPSA) is 94.2 Å². The van der Waals surface area contributed by atoms with Gasteiger partial charge in [-0.1, -0.05) is 18.7 Å². The van der Waals surface area contributed by atoms with Gasteiger partial charge in [-0.2, -0.15) is 0 Å². The van der Waals surface area contributed by atoms with E-state index in [0.717, 1.165) is 39.6 Å². The highest BCUT2D eigenvalue weighted by Crippen LogP contribution is 2.36. The molecule has 4 aromatic rings. The third-order valence-electron chi connectivity index (χ3n) is 6.15. The van der Waals surface area contributed by atoms with Crippen molar-refractivity contribution in [2.75, 3.05) is 18.8 Å². The van der Waals surface area contributed by atoms with Crippen molar-refractivity contribution in [3.8, 4) is 22.8 Å². The molecule has 1 aliphatic heterocycles. The van der Waals surface area contributed by atoms with Gasteiger partial charge >= 0.3 is 0 Å². The first kappa shape index (κ1) is 21.6. The van der Waals surface area contributed by atoms with Crippen LogP contribution in [0, 0.1) is 6.92 Å². The minimum absolute atomic E-state index is 0.0456. The molecule has 3 heterocycles. The zero-order valence-electron chi connectivity index (χ0n) is 18.9. The molecule has 170 valence electrons. The van der Waals surface area contributed by atoms with Crippen molar-refractivity contribution in [1.29, 1.82) is 0 Å². The lowest BCUT2D eigenvalue weighted by molar-refractivity contribution is -0.125. The Morgan fingerprint density at radius 2 is 1.97 bits per heavy atom. The SMILES string of the molecule is C=CC(=O)N1CCC(c2cc(-c3ccc(Oc4cc(C)ccn4)cc3)cc3cnc(N)nc23)C1. The van der Waals surface area contributed by atoms with Crippen LogP contribution in [0.25, 0.3) is 22.0 Å². The molecule has 0 saturated carbocycles. The van der Waals surface area contributed by atoms with Gasteiger partial charge in [0.2, 0.25) is 17.7 Å². The van der Waals surface area contributed by atoms with E-state index in [1.807, 2.05) is 48.2 Å². The van der Waals surface area contributed by atoms with Gasteiger partial charge in [-0.15, -0.1) is 0 Å². The molecule has 34 heavy (non-hydrogen) atoms. The van der Waals surface area contributed by atoms with Crippen LogP contribution in [0.5, 0.6) is 11.6 Å². The van der Waals surface area contributed by atoms with Crippen LogP contribution in [-0.2, 0) is 4.79 Å². The number of ether oxygens (including phenoxy) is 1. The maximum atomic E-state index is 12.1. The summed E-state index contributed by atoms with van der Waals surface area (Å²) >= 11 is 0. The molecule has 5 rings (SSSR count). The number of hydrogen-bond donors (Lipinski definition) is 1. The van der Waals surface area contributed by atoms with Crippen LogP contribution in [-0.4, -0.2) is 38.8 Å². The molecule has 2 N–H and O–H groups in total. The van der Waals surface area contributed by atoms with Crippen LogP contribution in [0.2, 0.25) is 0 Å². The summed E-state index contributed by atoms with van der Waals surface area (Å²) < 4.78 is 5.89. The maximum absolute atomic E-state index is 12.1. The second-order valence-electron chi connectivity index (χ2n) is 8.50. The molecule has 0 radical (unpaired) electrons. The highest BCUT2D eigenvalue weighted by Gasteiger charge is 2.28. The van der Waals surface area contributed by atoms with Gasteiger partial charge < -0.3 is 15.4 Å². The molecule has 1 atom stereocenters. The van der Waals surface area contributed by atoms with Crippen molar-refractivity contribution in [2.24, 2.45) is 0 Å². The Morgan fingerprint density at radius 1 is 1.15 bits per heavy atom. The standard InChI is InChI=1S/C27H25N5O2/c1-3-25(33)32-11-9-19(16-32)23-14-20(13-21-15-30-27(28)31-26(21)23)18-4-6-22(7-5-18)34-24-12-17(2)8-10-29-24/h3-8,10,12-15,19H,1,9,11,16H2,2H3,(H2,28,30,31). The first-order chi connectivity index (χ1) is 16.5. The van der Waals surface area contributed by atoms with Gasteiger partial charge in [0.1, 0.15) is 5.75 Å². The molecule has 2 aromatic carbocycles. The molecule has 7 heteroatoms. The van der Waals surface area contributed by atoms with Crippen molar-refractivity contribution >= 4 is 22.8 Å². The monoisotopic (exact) mass is 451 g/mol. The lowest BCUT2D eigenvalue weighted by Gasteiger charge is -2.17. The van der Waals surface area contributed by atoms with E-state index in [9.17, 15) is 4.79 Å². The second kappa shape index (κ2) is 8.94. The van der Waals surface area contributed by atoms with Gasteiger partial charge in [0.25, 0.3) is 0 Å².